The molecule has 2 nitrogen and oxygen atoms in total. The van der Waals surface area contributed by atoms with Gasteiger partial charge in [-0.1, -0.05) is 31.2 Å². The summed E-state index contributed by atoms with van der Waals surface area (Å²) in [6, 6.07) is 9.46. The molecule has 0 spiro atoms. The normalized spacial score (nSPS) is 23.2. The fourth-order valence-electron chi connectivity index (χ4n) is 6.25. The number of halogens is 7. The molecule has 1 heterocycles. The van der Waals surface area contributed by atoms with Crippen LogP contribution in [0.25, 0.3) is 5.83 Å². The van der Waals surface area contributed by atoms with Gasteiger partial charge in [0, 0.05) is 11.5 Å². The first kappa shape index (κ1) is 31.1. The second-order valence-corrected chi connectivity index (χ2v) is 11.4. The number of hydrogen-bond acceptors (Lipinski definition) is 2. The summed E-state index contributed by atoms with van der Waals surface area (Å²) >= 11 is 0. The van der Waals surface area contributed by atoms with Crippen molar-refractivity contribution < 1.29 is 40.2 Å². The molecule has 0 bridgehead atoms. The maximum Gasteiger partial charge on any atom is 0.309 e. The zero-order valence-corrected chi connectivity index (χ0v) is 23.8. The summed E-state index contributed by atoms with van der Waals surface area (Å²) in [5.41, 5.74) is 1.77. The molecule has 0 N–H and O–H groups in total. The largest absolute Gasteiger partial charge is 0.469 e. The molecule has 9 heteroatoms. The first-order valence-electron chi connectivity index (χ1n) is 14.7. The summed E-state index contributed by atoms with van der Waals surface area (Å²) in [6.45, 7) is 1.95. The van der Waals surface area contributed by atoms with E-state index in [1.807, 2.05) is 6.07 Å². The van der Waals surface area contributed by atoms with Crippen LogP contribution in [0, 0.1) is 29.1 Å². The van der Waals surface area contributed by atoms with Crippen LogP contribution >= 0.6 is 0 Å². The van der Waals surface area contributed by atoms with Crippen molar-refractivity contribution in [3.8, 4) is 0 Å². The van der Waals surface area contributed by atoms with Crippen LogP contribution in [0.15, 0.2) is 54.5 Å². The van der Waals surface area contributed by atoms with Gasteiger partial charge in [-0.2, -0.15) is 8.78 Å². The van der Waals surface area contributed by atoms with E-state index in [0.717, 1.165) is 18.2 Å². The summed E-state index contributed by atoms with van der Waals surface area (Å²) in [6.07, 6.45) is 3.68. The van der Waals surface area contributed by atoms with Crippen molar-refractivity contribution in [2.24, 2.45) is 0 Å². The monoisotopic (exact) mass is 606 g/mol. The van der Waals surface area contributed by atoms with Gasteiger partial charge in [0.05, 0.1) is 19.3 Å². The minimum absolute atomic E-state index is 0.0133. The van der Waals surface area contributed by atoms with Crippen molar-refractivity contribution in [1.82, 2.24) is 0 Å². The second-order valence-electron chi connectivity index (χ2n) is 11.4. The molecule has 2 fully saturated rings. The first-order valence-corrected chi connectivity index (χ1v) is 14.7. The minimum atomic E-state index is -1.48. The Balaban J connectivity index is 1.18. The van der Waals surface area contributed by atoms with Crippen LogP contribution in [0.2, 0.25) is 0 Å². The lowest BCUT2D eigenvalue weighted by molar-refractivity contribution is 0.00156. The molecule has 1 saturated heterocycles. The maximum absolute atomic E-state index is 15.3. The molecule has 3 aromatic rings. The SMILES string of the molecule is CCCO/C(F)=C(\F)c1ccc(C2CCC(c3ccc(C4CCC(c5cc(F)c(F)c(F)c5)CC4)c(F)c3)OC2)c(F)c1. The topological polar surface area (TPSA) is 18.5 Å². The lowest BCUT2D eigenvalue weighted by Crippen LogP contribution is -2.20. The van der Waals surface area contributed by atoms with Gasteiger partial charge in [0.25, 0.3) is 0 Å². The van der Waals surface area contributed by atoms with Gasteiger partial charge in [0.2, 0.25) is 5.83 Å². The highest BCUT2D eigenvalue weighted by atomic mass is 19.2. The van der Waals surface area contributed by atoms with Crippen molar-refractivity contribution in [1.29, 1.82) is 0 Å². The Bertz CT molecular complexity index is 1450. The van der Waals surface area contributed by atoms with Crippen molar-refractivity contribution in [3.05, 3.63) is 111 Å². The number of rotatable bonds is 8. The molecule has 1 aliphatic heterocycles. The summed E-state index contributed by atoms with van der Waals surface area (Å²) in [4.78, 5) is 0. The fourth-order valence-corrected chi connectivity index (χ4v) is 6.25. The third-order valence-corrected chi connectivity index (χ3v) is 8.62. The van der Waals surface area contributed by atoms with Crippen LogP contribution in [-0.2, 0) is 9.47 Å². The minimum Gasteiger partial charge on any atom is -0.469 e. The number of hydrogen-bond donors (Lipinski definition) is 0. The highest BCUT2D eigenvalue weighted by Gasteiger charge is 2.29. The molecule has 2 atom stereocenters. The summed E-state index contributed by atoms with van der Waals surface area (Å²) in [5, 5.41) is 0. The molecule has 0 radical (unpaired) electrons. The average molecular weight is 607 g/mol. The molecule has 1 saturated carbocycles. The van der Waals surface area contributed by atoms with E-state index in [9.17, 15) is 26.3 Å². The predicted molar refractivity (Wildman–Crippen MR) is 149 cm³/mol. The molecule has 3 aromatic carbocycles. The summed E-state index contributed by atoms with van der Waals surface area (Å²) in [7, 11) is 0. The van der Waals surface area contributed by atoms with Crippen LogP contribution in [0.3, 0.4) is 0 Å². The van der Waals surface area contributed by atoms with E-state index < -0.39 is 35.1 Å². The third kappa shape index (κ3) is 6.92. The van der Waals surface area contributed by atoms with Crippen LogP contribution in [0.4, 0.5) is 30.7 Å². The lowest BCUT2D eigenvalue weighted by Gasteiger charge is -2.31. The molecule has 230 valence electrons. The molecule has 2 aliphatic rings. The van der Waals surface area contributed by atoms with Crippen LogP contribution in [-0.4, -0.2) is 13.2 Å². The zero-order valence-electron chi connectivity index (χ0n) is 23.8. The molecule has 0 amide bonds. The molecular weight excluding hydrogens is 573 g/mol. The standard InChI is InChI=1S/C34H33F7O2/c1-2-13-42-34(41)32(39)22-8-11-26(28(36)15-22)23-9-12-31(43-18-23)21-7-10-25(27(35)14-21)20-5-3-19(4-6-20)24-16-29(37)33(40)30(38)17-24/h7-8,10-11,14-17,19-20,23,31H,2-6,9,12-13,18H2,1H3/b34-32-. The van der Waals surface area contributed by atoms with E-state index in [1.165, 1.54) is 18.2 Å². The van der Waals surface area contributed by atoms with Crippen LogP contribution in [0.1, 0.15) is 104 Å². The van der Waals surface area contributed by atoms with Gasteiger partial charge < -0.3 is 9.47 Å². The zero-order chi connectivity index (χ0) is 30.7. The van der Waals surface area contributed by atoms with Gasteiger partial charge in [-0.25, -0.2) is 22.0 Å². The molecule has 2 unspecified atom stereocenters. The molecular formula is C34H33F7O2. The van der Waals surface area contributed by atoms with E-state index in [-0.39, 0.29) is 48.5 Å². The van der Waals surface area contributed by atoms with Gasteiger partial charge >= 0.3 is 6.01 Å². The average Bonchev–Trinajstić information content (AvgIpc) is 3.02. The van der Waals surface area contributed by atoms with Gasteiger partial charge in [0.15, 0.2) is 17.5 Å². The third-order valence-electron chi connectivity index (χ3n) is 8.62. The van der Waals surface area contributed by atoms with E-state index in [2.05, 4.69) is 4.74 Å². The molecule has 0 aromatic heterocycles. The Labute approximate surface area is 246 Å². The van der Waals surface area contributed by atoms with Crippen molar-refractivity contribution in [3.63, 3.8) is 0 Å². The molecule has 1 aliphatic carbocycles. The smallest absolute Gasteiger partial charge is 0.309 e. The van der Waals surface area contributed by atoms with E-state index in [4.69, 9.17) is 4.74 Å². The lowest BCUT2D eigenvalue weighted by atomic mass is 9.76. The van der Waals surface area contributed by atoms with Crippen LogP contribution < -0.4 is 0 Å². The van der Waals surface area contributed by atoms with E-state index in [0.29, 0.717) is 67.2 Å². The second kappa shape index (κ2) is 13.5. The van der Waals surface area contributed by atoms with Gasteiger partial charge in [-0.15, -0.1) is 0 Å². The Morgan fingerprint density at radius 3 is 1.88 bits per heavy atom. The fraction of sp³-hybridized carbons (Fsp3) is 0.412. The van der Waals surface area contributed by atoms with Gasteiger partial charge in [-0.05, 0) is 103 Å². The van der Waals surface area contributed by atoms with Crippen LogP contribution in [0.5, 0.6) is 0 Å². The Hall–Kier alpha value is -3.33. The summed E-state index contributed by atoms with van der Waals surface area (Å²) < 4.78 is 110. The first-order chi connectivity index (χ1) is 20.7. The van der Waals surface area contributed by atoms with E-state index in [1.54, 1.807) is 13.0 Å². The maximum atomic E-state index is 15.3. The predicted octanol–water partition coefficient (Wildman–Crippen LogP) is 10.5. The quantitative estimate of drug-likeness (QED) is 0.144. The Kier molecular flexibility index (Phi) is 9.79. The Morgan fingerprint density at radius 2 is 1.28 bits per heavy atom. The summed E-state index contributed by atoms with van der Waals surface area (Å²) in [5.74, 6) is -6.61. The van der Waals surface area contributed by atoms with Crippen molar-refractivity contribution >= 4 is 5.83 Å². The van der Waals surface area contributed by atoms with Gasteiger partial charge in [0.1, 0.15) is 11.6 Å². The highest BCUT2D eigenvalue weighted by molar-refractivity contribution is 5.60. The van der Waals surface area contributed by atoms with Crippen molar-refractivity contribution in [2.45, 2.75) is 75.7 Å². The number of ether oxygens (including phenoxy) is 2. The number of benzene rings is 3. The molecule has 43 heavy (non-hydrogen) atoms. The molecule has 5 rings (SSSR count). The van der Waals surface area contributed by atoms with Gasteiger partial charge in [-0.3, -0.25) is 0 Å². The highest BCUT2D eigenvalue weighted by Crippen LogP contribution is 2.43. The van der Waals surface area contributed by atoms with E-state index >= 15 is 4.39 Å². The Morgan fingerprint density at radius 1 is 0.698 bits per heavy atom. The van der Waals surface area contributed by atoms with Crippen molar-refractivity contribution in [2.75, 3.05) is 13.2 Å².